The van der Waals surface area contributed by atoms with Gasteiger partial charge < -0.3 is 10.4 Å². The summed E-state index contributed by atoms with van der Waals surface area (Å²) in [7, 11) is -3.53. The van der Waals surface area contributed by atoms with Crippen LogP contribution in [0.2, 0.25) is 0 Å². The fourth-order valence-electron chi connectivity index (χ4n) is 2.81. The maximum atomic E-state index is 12.2. The lowest BCUT2D eigenvalue weighted by molar-refractivity contribution is 0.0696. The second-order valence-electron chi connectivity index (χ2n) is 5.20. The molecule has 0 spiro atoms. The molecule has 2 aliphatic heterocycles. The normalized spacial score (nSPS) is 20.9. The second kappa shape index (κ2) is 5.25. The van der Waals surface area contributed by atoms with Gasteiger partial charge in [-0.15, -0.1) is 0 Å². The summed E-state index contributed by atoms with van der Waals surface area (Å²) in [5.41, 5.74) is 0.975. The maximum absolute atomic E-state index is 12.2. The molecule has 0 bridgehead atoms. The number of rotatable bonds is 3. The van der Waals surface area contributed by atoms with Crippen molar-refractivity contribution in [3.63, 3.8) is 0 Å². The summed E-state index contributed by atoms with van der Waals surface area (Å²) >= 11 is 0. The van der Waals surface area contributed by atoms with E-state index in [0.717, 1.165) is 26.2 Å². The van der Waals surface area contributed by atoms with E-state index in [1.54, 1.807) is 0 Å². The van der Waals surface area contributed by atoms with Crippen LogP contribution in [0, 0.1) is 0 Å². The number of fused-ring (bicyclic) bond motifs is 1. The molecule has 2 N–H and O–H groups in total. The number of piperazine rings is 1. The van der Waals surface area contributed by atoms with Crippen molar-refractivity contribution in [3.8, 4) is 0 Å². The van der Waals surface area contributed by atoms with Crippen LogP contribution >= 0.6 is 0 Å². The smallest absolute Gasteiger partial charge is 0.336 e. The zero-order valence-electron chi connectivity index (χ0n) is 11.4. The Labute approximate surface area is 123 Å². The number of sulfone groups is 1. The highest BCUT2D eigenvalue weighted by atomic mass is 32.2. The van der Waals surface area contributed by atoms with Crippen molar-refractivity contribution in [3.05, 3.63) is 34.7 Å². The Hall–Kier alpha value is -1.70. The first-order chi connectivity index (χ1) is 9.99. The number of aromatic carboxylic acids is 1. The highest BCUT2D eigenvalue weighted by molar-refractivity contribution is 7.95. The molecule has 1 saturated heterocycles. The third-order valence-electron chi connectivity index (χ3n) is 3.79. The average Bonchev–Trinajstić information content (AvgIpc) is 2.71. The molecule has 112 valence electrons. The van der Waals surface area contributed by atoms with Gasteiger partial charge in [-0.05, 0) is 17.7 Å². The van der Waals surface area contributed by atoms with Crippen LogP contribution in [0.25, 0.3) is 5.57 Å². The van der Waals surface area contributed by atoms with Crippen molar-refractivity contribution in [2.24, 2.45) is 0 Å². The Balaban J connectivity index is 2.02. The van der Waals surface area contributed by atoms with Gasteiger partial charge in [0.15, 0.2) is 0 Å². The summed E-state index contributed by atoms with van der Waals surface area (Å²) in [4.78, 5) is 13.6. The van der Waals surface area contributed by atoms with Crippen LogP contribution < -0.4 is 5.32 Å². The molecular formula is C14H16N2O4S. The second-order valence-corrected chi connectivity index (χ2v) is 6.96. The highest BCUT2D eigenvalue weighted by Gasteiger charge is 2.31. The quantitative estimate of drug-likeness (QED) is 0.841. The molecule has 0 atom stereocenters. The number of nitrogens with one attached hydrogen (secondary N) is 1. The molecule has 2 heterocycles. The van der Waals surface area contributed by atoms with E-state index in [1.807, 2.05) is 0 Å². The monoisotopic (exact) mass is 308 g/mol. The molecular weight excluding hydrogens is 292 g/mol. The molecule has 6 nitrogen and oxygen atoms in total. The summed E-state index contributed by atoms with van der Waals surface area (Å²) < 4.78 is 24.4. The van der Waals surface area contributed by atoms with Crippen molar-refractivity contribution in [2.45, 2.75) is 4.90 Å². The molecule has 21 heavy (non-hydrogen) atoms. The highest BCUT2D eigenvalue weighted by Crippen LogP contribution is 2.36. The molecule has 0 radical (unpaired) electrons. The van der Waals surface area contributed by atoms with Crippen molar-refractivity contribution < 1.29 is 18.3 Å². The number of hydrogen-bond donors (Lipinski definition) is 2. The molecule has 0 aliphatic carbocycles. The molecule has 1 aromatic rings. The van der Waals surface area contributed by atoms with Crippen LogP contribution in [0.5, 0.6) is 0 Å². The number of hydrogen-bond acceptors (Lipinski definition) is 5. The zero-order chi connectivity index (χ0) is 15.0. The van der Waals surface area contributed by atoms with E-state index >= 15 is 0 Å². The van der Waals surface area contributed by atoms with E-state index in [4.69, 9.17) is 0 Å². The van der Waals surface area contributed by atoms with Crippen molar-refractivity contribution >= 4 is 21.4 Å². The molecule has 3 rings (SSSR count). The fourth-order valence-corrected chi connectivity index (χ4v) is 4.30. The van der Waals surface area contributed by atoms with Crippen molar-refractivity contribution in [1.82, 2.24) is 10.2 Å². The van der Waals surface area contributed by atoms with Crippen molar-refractivity contribution in [2.75, 3.05) is 32.7 Å². The summed E-state index contributed by atoms with van der Waals surface area (Å²) in [5, 5.41) is 13.7. The van der Waals surface area contributed by atoms with Crippen LogP contribution in [0.3, 0.4) is 0 Å². The van der Waals surface area contributed by atoms with Crippen LogP contribution in [-0.4, -0.2) is 57.1 Å². The van der Waals surface area contributed by atoms with Crippen LogP contribution in [0.4, 0.5) is 0 Å². The van der Waals surface area contributed by atoms with Gasteiger partial charge in [-0.1, -0.05) is 6.07 Å². The predicted octanol–water partition coefficient (Wildman–Crippen LogP) is 0.418. The molecule has 0 amide bonds. The summed E-state index contributed by atoms with van der Waals surface area (Å²) in [5.74, 6) is -1.10. The molecule has 0 aromatic heterocycles. The Morgan fingerprint density at radius 3 is 2.67 bits per heavy atom. The van der Waals surface area contributed by atoms with Gasteiger partial charge in [-0.2, -0.15) is 0 Å². The number of benzene rings is 1. The Morgan fingerprint density at radius 1 is 1.29 bits per heavy atom. The minimum atomic E-state index is -3.53. The third-order valence-corrected chi connectivity index (χ3v) is 5.33. The molecule has 1 fully saturated rings. The topological polar surface area (TPSA) is 86.7 Å². The van der Waals surface area contributed by atoms with Gasteiger partial charge >= 0.3 is 5.97 Å². The van der Waals surface area contributed by atoms with Gasteiger partial charge in [-0.25, -0.2) is 13.2 Å². The lowest BCUT2D eigenvalue weighted by atomic mass is 10.0. The van der Waals surface area contributed by atoms with Gasteiger partial charge in [0, 0.05) is 43.7 Å². The first kappa shape index (κ1) is 14.2. The lowest BCUT2D eigenvalue weighted by Gasteiger charge is -2.27. The average molecular weight is 308 g/mol. The van der Waals surface area contributed by atoms with Crippen molar-refractivity contribution in [1.29, 1.82) is 0 Å². The van der Waals surface area contributed by atoms with Gasteiger partial charge in [0.05, 0.1) is 10.5 Å². The predicted molar refractivity (Wildman–Crippen MR) is 77.9 cm³/mol. The van der Waals surface area contributed by atoms with E-state index in [1.165, 1.54) is 23.6 Å². The first-order valence-corrected chi connectivity index (χ1v) is 8.29. The first-order valence-electron chi connectivity index (χ1n) is 6.74. The largest absolute Gasteiger partial charge is 0.478 e. The van der Waals surface area contributed by atoms with Crippen LogP contribution in [0.15, 0.2) is 28.5 Å². The number of carboxylic acid groups (broad SMARTS) is 1. The molecule has 0 unspecified atom stereocenters. The van der Waals surface area contributed by atoms with E-state index in [9.17, 15) is 18.3 Å². The molecule has 2 aliphatic rings. The van der Waals surface area contributed by atoms with Gasteiger partial charge in [0.25, 0.3) is 0 Å². The SMILES string of the molecule is O=C(O)c1cccc2c1C(CN1CCNCC1)=CS2(=O)=O. The summed E-state index contributed by atoms with van der Waals surface area (Å²) in [6.45, 7) is 3.81. The Bertz CT molecular complexity index is 718. The summed E-state index contributed by atoms with van der Waals surface area (Å²) in [6.07, 6.45) is 0. The van der Waals surface area contributed by atoms with Gasteiger partial charge in [0.2, 0.25) is 9.84 Å². The van der Waals surface area contributed by atoms with E-state index < -0.39 is 15.8 Å². The Morgan fingerprint density at radius 2 is 2.00 bits per heavy atom. The fraction of sp³-hybridized carbons (Fsp3) is 0.357. The van der Waals surface area contributed by atoms with E-state index in [0.29, 0.717) is 17.7 Å². The molecule has 0 saturated carbocycles. The van der Waals surface area contributed by atoms with E-state index in [-0.39, 0.29) is 10.5 Å². The Kier molecular flexibility index (Phi) is 3.56. The zero-order valence-corrected chi connectivity index (χ0v) is 12.2. The minimum Gasteiger partial charge on any atom is -0.478 e. The standard InChI is InChI=1S/C14H16N2O4S/c17-14(18)11-2-1-3-12-13(11)10(9-21(12,19)20)8-16-6-4-15-5-7-16/h1-3,9,15H,4-8H2,(H,17,18). The molecule has 1 aromatic carbocycles. The third kappa shape index (κ3) is 2.59. The van der Waals surface area contributed by atoms with Crippen LogP contribution in [0.1, 0.15) is 15.9 Å². The lowest BCUT2D eigenvalue weighted by Crippen LogP contribution is -2.43. The van der Waals surface area contributed by atoms with Gasteiger partial charge in [-0.3, -0.25) is 4.90 Å². The van der Waals surface area contributed by atoms with Crippen LogP contribution in [-0.2, 0) is 9.84 Å². The summed E-state index contributed by atoms with van der Waals surface area (Å²) in [6, 6.07) is 4.40. The van der Waals surface area contributed by atoms with E-state index in [2.05, 4.69) is 10.2 Å². The maximum Gasteiger partial charge on any atom is 0.336 e. The number of carboxylic acids is 1. The minimum absolute atomic E-state index is 0.0509. The number of carbonyl (C=O) groups is 1. The van der Waals surface area contributed by atoms with Gasteiger partial charge in [0.1, 0.15) is 0 Å². The molecule has 7 heteroatoms. The number of nitrogens with zero attached hydrogens (tertiary/aromatic N) is 1.